The van der Waals surface area contributed by atoms with Crippen LogP contribution in [0.1, 0.15) is 26.2 Å². The second-order valence-corrected chi connectivity index (χ2v) is 4.29. The van der Waals surface area contributed by atoms with E-state index in [1.807, 2.05) is 6.92 Å². The molecule has 17 heavy (non-hydrogen) atoms. The Balaban J connectivity index is 2.57. The Morgan fingerprint density at radius 1 is 1.59 bits per heavy atom. The molecule has 1 aliphatic rings. The quantitative estimate of drug-likeness (QED) is 0.699. The van der Waals surface area contributed by atoms with Crippen molar-refractivity contribution in [3.8, 4) is 0 Å². The van der Waals surface area contributed by atoms with E-state index in [0.717, 1.165) is 6.42 Å². The van der Waals surface area contributed by atoms with E-state index in [-0.39, 0.29) is 30.8 Å². The maximum Gasteiger partial charge on any atom is 0.305 e. The summed E-state index contributed by atoms with van der Waals surface area (Å²) in [5.41, 5.74) is 5.73. The van der Waals surface area contributed by atoms with E-state index in [1.54, 1.807) is 4.90 Å². The first-order valence-electron chi connectivity index (χ1n) is 5.89. The third-order valence-electron chi connectivity index (χ3n) is 2.92. The lowest BCUT2D eigenvalue weighted by atomic mass is 10.1. The highest BCUT2D eigenvalue weighted by molar-refractivity contribution is 5.78. The fraction of sp³-hybridized carbons (Fsp3) is 0.818. The minimum absolute atomic E-state index is 0.0751. The second kappa shape index (κ2) is 6.56. The van der Waals surface area contributed by atoms with Gasteiger partial charge in [0, 0.05) is 19.0 Å². The molecule has 2 unspecified atom stereocenters. The zero-order chi connectivity index (χ0) is 12.8. The summed E-state index contributed by atoms with van der Waals surface area (Å²) in [6.45, 7) is 3.13. The lowest BCUT2D eigenvalue weighted by Crippen LogP contribution is -2.50. The Bertz CT molecular complexity index is 283. The van der Waals surface area contributed by atoms with Crippen molar-refractivity contribution in [2.75, 3.05) is 19.8 Å². The van der Waals surface area contributed by atoms with Crippen LogP contribution in [-0.4, -0.2) is 53.7 Å². The van der Waals surface area contributed by atoms with E-state index in [4.69, 9.17) is 15.6 Å². The zero-order valence-corrected chi connectivity index (χ0v) is 10.1. The van der Waals surface area contributed by atoms with Gasteiger partial charge < -0.3 is 20.5 Å². The summed E-state index contributed by atoms with van der Waals surface area (Å²) in [7, 11) is 0. The molecule has 1 fully saturated rings. The van der Waals surface area contributed by atoms with Gasteiger partial charge in [-0.3, -0.25) is 9.59 Å². The zero-order valence-electron chi connectivity index (χ0n) is 10.1. The predicted octanol–water partition coefficient (Wildman–Crippen LogP) is -0.184. The normalized spacial score (nSPS) is 22.2. The summed E-state index contributed by atoms with van der Waals surface area (Å²) in [5, 5.41) is 8.78. The van der Waals surface area contributed by atoms with Crippen LogP contribution < -0.4 is 5.73 Å². The first-order valence-corrected chi connectivity index (χ1v) is 5.89. The van der Waals surface area contributed by atoms with E-state index < -0.39 is 5.97 Å². The van der Waals surface area contributed by atoms with Gasteiger partial charge in [0.15, 0.2) is 0 Å². The number of rotatable bonds is 5. The molecular weight excluding hydrogens is 224 g/mol. The Morgan fingerprint density at radius 2 is 2.29 bits per heavy atom. The number of amides is 1. The molecule has 0 aromatic heterocycles. The average Bonchev–Trinajstić information content (AvgIpc) is 2.28. The third-order valence-corrected chi connectivity index (χ3v) is 2.92. The lowest BCUT2D eigenvalue weighted by molar-refractivity contribution is -0.146. The van der Waals surface area contributed by atoms with Crippen LogP contribution in [0.25, 0.3) is 0 Å². The topological polar surface area (TPSA) is 92.9 Å². The van der Waals surface area contributed by atoms with Crippen molar-refractivity contribution in [3.63, 3.8) is 0 Å². The van der Waals surface area contributed by atoms with Gasteiger partial charge in [-0.15, -0.1) is 0 Å². The number of ether oxygens (including phenoxy) is 1. The Hall–Kier alpha value is -1.14. The Kier molecular flexibility index (Phi) is 5.37. The molecule has 0 saturated carbocycles. The van der Waals surface area contributed by atoms with Gasteiger partial charge in [-0.05, 0) is 6.42 Å². The molecule has 0 bridgehead atoms. The number of nitrogens with zero attached hydrogens (tertiary/aromatic N) is 1. The van der Waals surface area contributed by atoms with Crippen LogP contribution in [0.3, 0.4) is 0 Å². The van der Waals surface area contributed by atoms with E-state index >= 15 is 0 Å². The first-order chi connectivity index (χ1) is 8.04. The molecule has 6 heteroatoms. The number of carboxylic acids is 1. The minimum Gasteiger partial charge on any atom is -0.481 e. The number of nitrogens with two attached hydrogens (primary N) is 1. The van der Waals surface area contributed by atoms with Gasteiger partial charge in [0.2, 0.25) is 5.91 Å². The maximum absolute atomic E-state index is 12.0. The van der Waals surface area contributed by atoms with Crippen molar-refractivity contribution in [1.82, 2.24) is 4.90 Å². The smallest absolute Gasteiger partial charge is 0.305 e. The molecule has 0 radical (unpaired) electrons. The highest BCUT2D eigenvalue weighted by atomic mass is 16.5. The molecule has 1 aliphatic heterocycles. The molecule has 0 aromatic rings. The van der Waals surface area contributed by atoms with E-state index in [0.29, 0.717) is 19.8 Å². The lowest BCUT2D eigenvalue weighted by Gasteiger charge is -2.35. The molecule has 0 aromatic carbocycles. The second-order valence-electron chi connectivity index (χ2n) is 4.29. The summed E-state index contributed by atoms with van der Waals surface area (Å²) in [5.74, 6) is -0.994. The molecule has 1 heterocycles. The van der Waals surface area contributed by atoms with Gasteiger partial charge >= 0.3 is 5.97 Å². The highest BCUT2D eigenvalue weighted by Crippen LogP contribution is 2.13. The molecule has 0 spiro atoms. The molecule has 1 rings (SSSR count). The summed E-state index contributed by atoms with van der Waals surface area (Å²) >= 11 is 0. The molecule has 1 amide bonds. The molecule has 2 atom stereocenters. The summed E-state index contributed by atoms with van der Waals surface area (Å²) < 4.78 is 5.21. The van der Waals surface area contributed by atoms with Gasteiger partial charge in [0.05, 0.1) is 25.7 Å². The summed E-state index contributed by atoms with van der Waals surface area (Å²) in [6.07, 6.45) is 0.930. The Morgan fingerprint density at radius 3 is 2.88 bits per heavy atom. The third kappa shape index (κ3) is 4.32. The van der Waals surface area contributed by atoms with Gasteiger partial charge in [0.25, 0.3) is 0 Å². The van der Waals surface area contributed by atoms with E-state index in [1.165, 1.54) is 0 Å². The van der Waals surface area contributed by atoms with Crippen LogP contribution in [-0.2, 0) is 14.3 Å². The number of morpholine rings is 1. The standard InChI is InChI=1S/C11H20N2O4/c1-2-8(12)5-10(14)13-3-4-17-7-9(13)6-11(15)16/h8-9H,2-7,12H2,1H3,(H,15,16). The van der Waals surface area contributed by atoms with Gasteiger partial charge in [-0.2, -0.15) is 0 Å². The van der Waals surface area contributed by atoms with Crippen LogP contribution in [0.5, 0.6) is 0 Å². The van der Waals surface area contributed by atoms with Crippen LogP contribution in [0, 0.1) is 0 Å². The maximum atomic E-state index is 12.0. The molecule has 98 valence electrons. The van der Waals surface area contributed by atoms with Gasteiger partial charge in [-0.1, -0.05) is 6.92 Å². The number of hydrogen-bond acceptors (Lipinski definition) is 4. The summed E-state index contributed by atoms with van der Waals surface area (Å²) in [4.78, 5) is 24.2. The highest BCUT2D eigenvalue weighted by Gasteiger charge is 2.29. The van der Waals surface area contributed by atoms with Crippen molar-refractivity contribution in [3.05, 3.63) is 0 Å². The number of carboxylic acid groups (broad SMARTS) is 1. The predicted molar refractivity (Wildman–Crippen MR) is 61.5 cm³/mol. The van der Waals surface area contributed by atoms with Crippen LogP contribution >= 0.6 is 0 Å². The van der Waals surface area contributed by atoms with Crippen molar-refractivity contribution in [2.24, 2.45) is 5.73 Å². The van der Waals surface area contributed by atoms with Gasteiger partial charge in [0.1, 0.15) is 0 Å². The van der Waals surface area contributed by atoms with Gasteiger partial charge in [-0.25, -0.2) is 0 Å². The monoisotopic (exact) mass is 244 g/mol. The Labute approximate surface area is 101 Å². The molecule has 1 saturated heterocycles. The van der Waals surface area contributed by atoms with E-state index in [9.17, 15) is 9.59 Å². The van der Waals surface area contributed by atoms with Crippen LogP contribution in [0.4, 0.5) is 0 Å². The molecule has 6 nitrogen and oxygen atoms in total. The van der Waals surface area contributed by atoms with Crippen LogP contribution in [0.15, 0.2) is 0 Å². The number of aliphatic carboxylic acids is 1. The fourth-order valence-corrected chi connectivity index (χ4v) is 1.84. The number of hydrogen-bond donors (Lipinski definition) is 2. The molecule has 0 aliphatic carbocycles. The van der Waals surface area contributed by atoms with E-state index in [2.05, 4.69) is 0 Å². The SMILES string of the molecule is CCC(N)CC(=O)N1CCOCC1CC(=O)O. The van der Waals surface area contributed by atoms with Crippen LogP contribution in [0.2, 0.25) is 0 Å². The fourth-order valence-electron chi connectivity index (χ4n) is 1.84. The number of carbonyl (C=O) groups excluding carboxylic acids is 1. The largest absolute Gasteiger partial charge is 0.481 e. The molecular formula is C11H20N2O4. The average molecular weight is 244 g/mol. The van der Waals surface area contributed by atoms with Crippen molar-refractivity contribution in [2.45, 2.75) is 38.3 Å². The summed E-state index contributed by atoms with van der Waals surface area (Å²) in [6, 6.07) is -0.520. The van der Waals surface area contributed by atoms with Crippen molar-refractivity contribution >= 4 is 11.9 Å². The number of carbonyl (C=O) groups is 2. The minimum atomic E-state index is -0.918. The molecule has 3 N–H and O–H groups in total. The van der Waals surface area contributed by atoms with Crippen molar-refractivity contribution in [1.29, 1.82) is 0 Å². The first kappa shape index (κ1) is 13.9. The van der Waals surface area contributed by atoms with Crippen molar-refractivity contribution < 1.29 is 19.4 Å².